The summed E-state index contributed by atoms with van der Waals surface area (Å²) < 4.78 is 4.53. The molecule has 6 aromatic carbocycles. The summed E-state index contributed by atoms with van der Waals surface area (Å²) in [5, 5.41) is 45.1. The Morgan fingerprint density at radius 3 is 0.920 bits per heavy atom. The van der Waals surface area contributed by atoms with E-state index < -0.39 is 14.2 Å². The Balaban J connectivity index is 0.00000216. The molecule has 0 radical (unpaired) electrons. The predicted molar refractivity (Wildman–Crippen MR) is 193 cm³/mol. The van der Waals surface area contributed by atoms with Crippen LogP contribution in [0.25, 0.3) is 54.7 Å². The lowest BCUT2D eigenvalue weighted by Gasteiger charge is -2.17. The summed E-state index contributed by atoms with van der Waals surface area (Å²) in [5.74, 6) is 0. The van der Waals surface area contributed by atoms with E-state index in [2.05, 4.69) is 81.9 Å². The Bertz CT molecular complexity index is 2220. The van der Waals surface area contributed by atoms with Gasteiger partial charge in [-0.2, -0.15) is 9.13 Å². The average Bonchev–Trinajstić information content (AvgIpc) is 3.12. The van der Waals surface area contributed by atoms with Crippen molar-refractivity contribution in [1.82, 2.24) is 0 Å². The van der Waals surface area contributed by atoms with Gasteiger partial charge in [-0.15, -0.1) is 0 Å². The molecule has 0 saturated carbocycles. The maximum Gasteiger partial charge on any atom is 0.488 e. The molecule has 0 amide bonds. The second kappa shape index (κ2) is 14.8. The number of fused-ring (bicyclic) bond motifs is 4. The summed E-state index contributed by atoms with van der Waals surface area (Å²) in [6.07, 6.45) is 0. The maximum atomic E-state index is 10.2. The van der Waals surface area contributed by atoms with Crippen molar-refractivity contribution in [3.8, 4) is 11.1 Å². The number of aromatic nitrogens is 2. The van der Waals surface area contributed by atoms with Gasteiger partial charge in [0.05, 0.1) is 21.5 Å². The highest BCUT2D eigenvalue weighted by Crippen LogP contribution is 2.41. The zero-order valence-corrected chi connectivity index (χ0v) is 30.0. The van der Waals surface area contributed by atoms with E-state index in [0.29, 0.717) is 24.0 Å². The molecule has 0 spiro atoms. The van der Waals surface area contributed by atoms with Gasteiger partial charge >= 0.3 is 14.2 Å². The van der Waals surface area contributed by atoms with Crippen molar-refractivity contribution < 1.29 is 63.2 Å². The molecule has 246 valence electrons. The summed E-state index contributed by atoms with van der Waals surface area (Å²) >= 11 is 0. The van der Waals surface area contributed by atoms with Crippen LogP contribution in [-0.4, -0.2) is 34.3 Å². The van der Waals surface area contributed by atoms with Crippen LogP contribution >= 0.6 is 0 Å². The van der Waals surface area contributed by atoms with E-state index in [-0.39, 0.29) is 34.0 Å². The highest BCUT2D eigenvalue weighted by atomic mass is 79.9. The van der Waals surface area contributed by atoms with E-state index in [1.807, 2.05) is 60.7 Å². The minimum Gasteiger partial charge on any atom is -1.00 e. The van der Waals surface area contributed by atoms with Gasteiger partial charge in [-0.3, -0.25) is 0 Å². The first-order valence-corrected chi connectivity index (χ1v) is 16.1. The van der Waals surface area contributed by atoms with Crippen molar-refractivity contribution in [2.24, 2.45) is 0 Å². The standard InChI is InChI=1S/C40H32B2N2O4.2BrH/c45-41(46)33-19-7-1-13-27(33)25-43-35-21-9-3-15-29(35)39(30-16-4-10-22-36(30)43)40-31-17-5-11-23-37(31)44(38-24-12-6-18-32(38)40)26-28-14-2-8-20-34(28)42(47)48;;/h1-24,45-48H,25-26H2;2*1H/q+2;;/p-2. The topological polar surface area (TPSA) is 88.7 Å². The molecule has 0 aliphatic heterocycles. The van der Waals surface area contributed by atoms with Gasteiger partial charge in [0, 0.05) is 46.5 Å². The van der Waals surface area contributed by atoms with Crippen molar-refractivity contribution in [1.29, 1.82) is 0 Å². The second-order valence-corrected chi connectivity index (χ2v) is 12.1. The van der Waals surface area contributed by atoms with Gasteiger partial charge in [0.2, 0.25) is 22.1 Å². The van der Waals surface area contributed by atoms with Crippen molar-refractivity contribution in [3.05, 3.63) is 157 Å². The highest BCUT2D eigenvalue weighted by Gasteiger charge is 2.29. The van der Waals surface area contributed by atoms with E-state index in [1.165, 1.54) is 0 Å². The van der Waals surface area contributed by atoms with E-state index in [0.717, 1.165) is 65.9 Å². The molecular weight excluding hydrogens is 754 g/mol. The molecule has 8 rings (SSSR count). The van der Waals surface area contributed by atoms with Crippen LogP contribution in [0.1, 0.15) is 11.1 Å². The monoisotopic (exact) mass is 784 g/mol. The summed E-state index contributed by atoms with van der Waals surface area (Å²) in [4.78, 5) is 0. The summed E-state index contributed by atoms with van der Waals surface area (Å²) in [7, 11) is -3.14. The van der Waals surface area contributed by atoms with E-state index >= 15 is 0 Å². The van der Waals surface area contributed by atoms with Crippen LogP contribution in [0, 0.1) is 0 Å². The lowest BCUT2D eigenvalue weighted by Crippen LogP contribution is -3.00. The Labute approximate surface area is 311 Å². The average molecular weight is 786 g/mol. The molecule has 2 heterocycles. The molecule has 0 unspecified atom stereocenters. The molecule has 0 aliphatic carbocycles. The molecule has 4 N–H and O–H groups in total. The Hall–Kier alpha value is -4.41. The number of pyridine rings is 2. The number of nitrogens with zero attached hydrogens (tertiary/aromatic N) is 2. The Morgan fingerprint density at radius 2 is 0.620 bits per heavy atom. The van der Waals surface area contributed by atoms with Crippen LogP contribution in [0.2, 0.25) is 0 Å². The highest BCUT2D eigenvalue weighted by molar-refractivity contribution is 6.59. The Morgan fingerprint density at radius 1 is 0.360 bits per heavy atom. The lowest BCUT2D eigenvalue weighted by molar-refractivity contribution is -0.636. The Kier molecular flexibility index (Phi) is 10.5. The van der Waals surface area contributed by atoms with Crippen LogP contribution in [0.3, 0.4) is 0 Å². The molecule has 0 bridgehead atoms. The molecule has 0 saturated heterocycles. The minimum absolute atomic E-state index is 0. The smallest absolute Gasteiger partial charge is 0.488 e. The van der Waals surface area contributed by atoms with Crippen molar-refractivity contribution in [3.63, 3.8) is 0 Å². The van der Waals surface area contributed by atoms with Crippen LogP contribution < -0.4 is 54.0 Å². The van der Waals surface area contributed by atoms with E-state index in [9.17, 15) is 20.1 Å². The van der Waals surface area contributed by atoms with E-state index in [1.54, 1.807) is 12.1 Å². The largest absolute Gasteiger partial charge is 1.00 e. The fraction of sp³-hybridized carbons (Fsp3) is 0.0500. The van der Waals surface area contributed by atoms with Crippen molar-refractivity contribution >= 4 is 68.8 Å². The van der Waals surface area contributed by atoms with Gasteiger partial charge in [-0.05, 0) is 35.2 Å². The fourth-order valence-electron chi connectivity index (χ4n) is 7.31. The first-order valence-electron chi connectivity index (χ1n) is 16.1. The van der Waals surface area contributed by atoms with E-state index in [4.69, 9.17) is 0 Å². The summed E-state index contributed by atoms with van der Waals surface area (Å²) in [5.41, 5.74) is 9.03. The third kappa shape index (κ3) is 6.13. The number of hydrogen-bond donors (Lipinski definition) is 4. The summed E-state index contributed by atoms with van der Waals surface area (Å²) in [6.45, 7) is 0.920. The molecule has 0 atom stereocenters. The molecular formula is C40H32B2Br2N2O4. The van der Waals surface area contributed by atoms with Crippen molar-refractivity contribution in [2.45, 2.75) is 13.1 Å². The lowest BCUT2D eigenvalue weighted by atomic mass is 9.77. The predicted octanol–water partition coefficient (Wildman–Crippen LogP) is -1.99. The molecule has 10 heteroatoms. The van der Waals surface area contributed by atoms with Gasteiger partial charge in [-0.1, -0.05) is 97.1 Å². The fourth-order valence-corrected chi connectivity index (χ4v) is 7.31. The summed E-state index contributed by atoms with van der Waals surface area (Å²) in [6, 6.07) is 48.6. The maximum absolute atomic E-state index is 10.2. The normalized spacial score (nSPS) is 11.0. The quantitative estimate of drug-likeness (QED) is 0.0858. The molecule has 6 nitrogen and oxygen atoms in total. The third-order valence-electron chi connectivity index (χ3n) is 9.43. The zero-order chi connectivity index (χ0) is 32.8. The van der Waals surface area contributed by atoms with Gasteiger partial charge in [0.15, 0.2) is 13.1 Å². The van der Waals surface area contributed by atoms with Crippen LogP contribution in [0.5, 0.6) is 0 Å². The molecule has 2 aromatic heterocycles. The second-order valence-electron chi connectivity index (χ2n) is 12.1. The molecule has 0 aliphatic rings. The van der Waals surface area contributed by atoms with Crippen LogP contribution in [-0.2, 0) is 13.1 Å². The van der Waals surface area contributed by atoms with Gasteiger partial charge in [-0.25, -0.2) is 0 Å². The SMILES string of the molecule is OB(O)c1ccccc1C[n+]1c2ccccc2c(-c2c3ccccc3[n+](Cc3ccccc3B(O)O)c3ccccc23)c2ccccc21.[Br-].[Br-]. The number of rotatable bonds is 7. The molecule has 8 aromatic rings. The first kappa shape index (κ1) is 35.4. The first-order chi connectivity index (χ1) is 23.5. The van der Waals surface area contributed by atoms with Gasteiger partial charge < -0.3 is 54.1 Å². The van der Waals surface area contributed by atoms with Gasteiger partial charge in [0.1, 0.15) is 0 Å². The molecule has 0 fully saturated rings. The molecule has 50 heavy (non-hydrogen) atoms. The third-order valence-corrected chi connectivity index (χ3v) is 9.43. The van der Waals surface area contributed by atoms with Crippen LogP contribution in [0.4, 0.5) is 0 Å². The minimum atomic E-state index is -1.57. The number of halogens is 2. The number of para-hydroxylation sites is 4. The van der Waals surface area contributed by atoms with Crippen molar-refractivity contribution in [2.75, 3.05) is 0 Å². The number of benzene rings is 6. The zero-order valence-electron chi connectivity index (χ0n) is 26.9. The van der Waals surface area contributed by atoms with Crippen LogP contribution in [0.15, 0.2) is 146 Å². The number of hydrogen-bond acceptors (Lipinski definition) is 4. The van der Waals surface area contributed by atoms with Gasteiger partial charge in [0.25, 0.3) is 0 Å².